The fraction of sp³-hybridized carbons (Fsp3) is 0.294. The van der Waals surface area contributed by atoms with E-state index in [9.17, 15) is 9.59 Å². The van der Waals surface area contributed by atoms with E-state index in [-0.39, 0.29) is 11.8 Å². The molecule has 1 heterocycles. The number of para-hydroxylation sites is 1. The minimum Gasteiger partial charge on any atom is -0.456 e. The molecule has 0 atom stereocenters. The molecule has 0 unspecified atom stereocenters. The average Bonchev–Trinajstić information content (AvgIpc) is 2.48. The third-order valence-electron chi connectivity index (χ3n) is 3.81. The van der Waals surface area contributed by atoms with Crippen molar-refractivity contribution >= 4 is 22.4 Å². The van der Waals surface area contributed by atoms with Crippen LogP contribution in [0.5, 0.6) is 0 Å². The van der Waals surface area contributed by atoms with Gasteiger partial charge in [-0.15, -0.1) is 0 Å². The van der Waals surface area contributed by atoms with Gasteiger partial charge in [-0.05, 0) is 37.3 Å². The molecule has 1 amide bonds. The molecule has 4 heteroatoms. The van der Waals surface area contributed by atoms with Gasteiger partial charge < -0.3 is 10.2 Å². The third kappa shape index (κ3) is 2.75. The highest BCUT2D eigenvalue weighted by molar-refractivity contribution is 5.86. The first kappa shape index (κ1) is 13.6. The quantitative estimate of drug-likeness (QED) is 0.941. The first-order valence-corrected chi connectivity index (χ1v) is 7.18. The molecular formula is C17H17NO3. The van der Waals surface area contributed by atoms with Gasteiger partial charge in [0.15, 0.2) is 5.43 Å². The van der Waals surface area contributed by atoms with Gasteiger partial charge in [0.25, 0.3) is 0 Å². The third-order valence-corrected chi connectivity index (χ3v) is 3.81. The average molecular weight is 283 g/mol. The number of carbonyl (C=O) groups is 1. The summed E-state index contributed by atoms with van der Waals surface area (Å²) in [5, 5.41) is 0.494. The molecule has 4 nitrogen and oxygen atoms in total. The van der Waals surface area contributed by atoms with E-state index in [4.69, 9.17) is 10.2 Å². The molecule has 2 aromatic rings. The summed E-state index contributed by atoms with van der Waals surface area (Å²) in [6.07, 6.45) is 6.42. The summed E-state index contributed by atoms with van der Waals surface area (Å²) < 4.78 is 5.94. The summed E-state index contributed by atoms with van der Waals surface area (Å²) >= 11 is 0. The molecule has 0 radical (unpaired) electrons. The smallest absolute Gasteiger partial charge is 0.221 e. The Balaban J connectivity index is 2.18. The Hall–Kier alpha value is -2.36. The number of hydrogen-bond acceptors (Lipinski definition) is 3. The number of benzene rings is 1. The van der Waals surface area contributed by atoms with Gasteiger partial charge in [-0.2, -0.15) is 0 Å². The number of carbonyl (C=O) groups excluding carboxylic acids is 1. The fourth-order valence-electron chi connectivity index (χ4n) is 2.78. The predicted molar refractivity (Wildman–Crippen MR) is 81.8 cm³/mol. The lowest BCUT2D eigenvalue weighted by Gasteiger charge is -2.13. The van der Waals surface area contributed by atoms with Crippen LogP contribution in [0.3, 0.4) is 0 Å². The number of fused-ring (bicyclic) bond motifs is 1. The van der Waals surface area contributed by atoms with E-state index < -0.39 is 5.91 Å². The van der Waals surface area contributed by atoms with Gasteiger partial charge >= 0.3 is 0 Å². The Kier molecular flexibility index (Phi) is 3.60. The molecule has 0 bridgehead atoms. The van der Waals surface area contributed by atoms with Gasteiger partial charge in [-0.3, -0.25) is 9.59 Å². The monoisotopic (exact) mass is 283 g/mol. The van der Waals surface area contributed by atoms with E-state index in [2.05, 4.69) is 6.08 Å². The van der Waals surface area contributed by atoms with E-state index in [1.807, 2.05) is 0 Å². The van der Waals surface area contributed by atoms with Crippen LogP contribution in [0.1, 0.15) is 37.0 Å². The van der Waals surface area contributed by atoms with Crippen LogP contribution in [-0.4, -0.2) is 5.91 Å². The van der Waals surface area contributed by atoms with Gasteiger partial charge in [0.1, 0.15) is 11.3 Å². The minimum absolute atomic E-state index is 0.0722. The summed E-state index contributed by atoms with van der Waals surface area (Å²) in [4.78, 5) is 23.5. The Morgan fingerprint density at radius 2 is 2.14 bits per heavy atom. The van der Waals surface area contributed by atoms with Gasteiger partial charge in [-0.1, -0.05) is 18.2 Å². The summed E-state index contributed by atoms with van der Waals surface area (Å²) in [6.45, 7) is 0. The molecule has 0 saturated heterocycles. The molecule has 3 rings (SSSR count). The van der Waals surface area contributed by atoms with Crippen LogP contribution in [0, 0.1) is 0 Å². The number of allylic oxidation sites excluding steroid dienone is 2. The van der Waals surface area contributed by atoms with Crippen LogP contribution in [0.15, 0.2) is 39.6 Å². The molecule has 0 aliphatic heterocycles. The fourth-order valence-corrected chi connectivity index (χ4v) is 2.78. The van der Waals surface area contributed by atoms with Gasteiger partial charge in [0.2, 0.25) is 5.91 Å². The Morgan fingerprint density at radius 1 is 1.29 bits per heavy atom. The maximum absolute atomic E-state index is 12.3. The molecule has 2 N–H and O–H groups in total. The van der Waals surface area contributed by atoms with Crippen molar-refractivity contribution < 1.29 is 9.21 Å². The van der Waals surface area contributed by atoms with Crippen molar-refractivity contribution in [2.45, 2.75) is 32.1 Å². The summed E-state index contributed by atoms with van der Waals surface area (Å²) in [7, 11) is 0. The largest absolute Gasteiger partial charge is 0.456 e. The maximum atomic E-state index is 12.3. The molecule has 0 fully saturated rings. The predicted octanol–water partition coefficient (Wildman–Crippen LogP) is 2.78. The second kappa shape index (κ2) is 5.56. The van der Waals surface area contributed by atoms with Crippen molar-refractivity contribution in [2.24, 2.45) is 5.73 Å². The normalized spacial score (nSPS) is 15.0. The zero-order valence-corrected chi connectivity index (χ0v) is 11.7. The first-order chi connectivity index (χ1) is 10.1. The lowest BCUT2D eigenvalue weighted by Crippen LogP contribution is -2.14. The molecule has 1 aromatic heterocycles. The van der Waals surface area contributed by atoms with E-state index in [0.29, 0.717) is 22.3 Å². The van der Waals surface area contributed by atoms with E-state index in [0.717, 1.165) is 24.8 Å². The number of nitrogens with two attached hydrogens (primary N) is 1. The number of amides is 1. The second-order valence-corrected chi connectivity index (χ2v) is 5.39. The summed E-state index contributed by atoms with van der Waals surface area (Å²) in [6, 6.07) is 6.78. The highest BCUT2D eigenvalue weighted by Gasteiger charge is 2.14. The number of primary amides is 1. The molecule has 1 aliphatic rings. The van der Waals surface area contributed by atoms with Gasteiger partial charge in [0.05, 0.1) is 11.8 Å². The minimum atomic E-state index is -0.438. The molecule has 0 saturated carbocycles. The molecule has 0 spiro atoms. The SMILES string of the molecule is NC(=O)Cc1cccc2c(=O)cc(C3=CCCCC3)oc12. The van der Waals surface area contributed by atoms with Crippen molar-refractivity contribution in [3.8, 4) is 0 Å². The zero-order chi connectivity index (χ0) is 14.8. The maximum Gasteiger partial charge on any atom is 0.221 e. The van der Waals surface area contributed by atoms with Crippen LogP contribution in [0.25, 0.3) is 16.5 Å². The van der Waals surface area contributed by atoms with Crippen LogP contribution in [-0.2, 0) is 11.2 Å². The van der Waals surface area contributed by atoms with E-state index >= 15 is 0 Å². The summed E-state index contributed by atoms with van der Waals surface area (Å²) in [5.74, 6) is 0.177. The first-order valence-electron chi connectivity index (χ1n) is 7.18. The molecule has 108 valence electrons. The van der Waals surface area contributed by atoms with Crippen molar-refractivity contribution in [3.05, 3.63) is 51.9 Å². The van der Waals surface area contributed by atoms with E-state index in [1.54, 1.807) is 24.3 Å². The zero-order valence-electron chi connectivity index (χ0n) is 11.7. The molecule has 1 aliphatic carbocycles. The highest BCUT2D eigenvalue weighted by Crippen LogP contribution is 2.28. The van der Waals surface area contributed by atoms with Crippen molar-refractivity contribution in [2.75, 3.05) is 0 Å². The van der Waals surface area contributed by atoms with Crippen molar-refractivity contribution in [1.29, 1.82) is 0 Å². The van der Waals surface area contributed by atoms with Crippen LogP contribution in [0.4, 0.5) is 0 Å². The highest BCUT2D eigenvalue weighted by atomic mass is 16.3. The lowest BCUT2D eigenvalue weighted by atomic mass is 9.97. The number of hydrogen-bond donors (Lipinski definition) is 1. The van der Waals surface area contributed by atoms with Crippen LogP contribution < -0.4 is 11.2 Å². The topological polar surface area (TPSA) is 73.3 Å². The summed E-state index contributed by atoms with van der Waals surface area (Å²) in [5.41, 5.74) is 7.40. The van der Waals surface area contributed by atoms with Gasteiger partial charge in [-0.25, -0.2) is 0 Å². The van der Waals surface area contributed by atoms with Crippen molar-refractivity contribution in [3.63, 3.8) is 0 Å². The Labute approximate surface area is 122 Å². The standard InChI is InChI=1S/C17H17NO3/c18-16(20)9-12-7-4-8-13-14(19)10-15(21-17(12)13)11-5-2-1-3-6-11/h4-5,7-8,10H,1-3,6,9H2,(H2,18,20). The van der Waals surface area contributed by atoms with E-state index in [1.165, 1.54) is 6.42 Å². The lowest BCUT2D eigenvalue weighted by molar-refractivity contribution is -0.117. The van der Waals surface area contributed by atoms with Crippen LogP contribution >= 0.6 is 0 Å². The molecule has 21 heavy (non-hydrogen) atoms. The Bertz CT molecular complexity index is 786. The van der Waals surface area contributed by atoms with Gasteiger partial charge in [0, 0.05) is 11.6 Å². The molecule has 1 aromatic carbocycles. The van der Waals surface area contributed by atoms with Crippen molar-refractivity contribution in [1.82, 2.24) is 0 Å². The molecular weight excluding hydrogens is 266 g/mol. The Morgan fingerprint density at radius 3 is 2.86 bits per heavy atom. The van der Waals surface area contributed by atoms with Crippen LogP contribution in [0.2, 0.25) is 0 Å². The number of rotatable bonds is 3. The second-order valence-electron chi connectivity index (χ2n) is 5.39.